The number of hydrogen-bond donors (Lipinski definition) is 2. The van der Waals surface area contributed by atoms with Gasteiger partial charge in [0.1, 0.15) is 0 Å². The first kappa shape index (κ1) is 13.1. The van der Waals surface area contributed by atoms with E-state index >= 15 is 0 Å². The van der Waals surface area contributed by atoms with Crippen LogP contribution in [0.2, 0.25) is 0 Å². The predicted octanol–water partition coefficient (Wildman–Crippen LogP) is 2.94. The van der Waals surface area contributed by atoms with Gasteiger partial charge in [-0.2, -0.15) is 0 Å². The summed E-state index contributed by atoms with van der Waals surface area (Å²) in [5, 5.41) is 12.0. The highest BCUT2D eigenvalue weighted by Gasteiger charge is 2.24. The number of hydrogen-bond acceptors (Lipinski definition) is 2. The number of aliphatic hydroxyl groups is 1. The summed E-state index contributed by atoms with van der Waals surface area (Å²) in [4.78, 5) is 12.1. The number of carbonyl (C=O) groups is 1. The molecule has 18 heavy (non-hydrogen) atoms. The molecular weight excluding hydrogens is 226 g/mol. The number of aliphatic hydroxyl groups excluding tert-OH is 1. The molecule has 0 aromatic heterocycles. The van der Waals surface area contributed by atoms with Gasteiger partial charge in [-0.25, -0.2) is 0 Å². The lowest BCUT2D eigenvalue weighted by molar-refractivity contribution is -0.121. The molecular formula is C15H21NO2. The van der Waals surface area contributed by atoms with Crippen LogP contribution in [0.5, 0.6) is 0 Å². The number of rotatable bonds is 3. The Balaban J connectivity index is 1.97. The quantitative estimate of drug-likeness (QED) is 0.862. The largest absolute Gasteiger partial charge is 0.392 e. The Hall–Kier alpha value is -1.35. The van der Waals surface area contributed by atoms with Crippen LogP contribution in [0.1, 0.15) is 38.2 Å². The lowest BCUT2D eigenvalue weighted by atomic mass is 9.82. The summed E-state index contributed by atoms with van der Waals surface area (Å²) >= 11 is 0. The van der Waals surface area contributed by atoms with Gasteiger partial charge >= 0.3 is 0 Å². The molecule has 2 atom stereocenters. The summed E-state index contributed by atoms with van der Waals surface area (Å²) in [5.41, 5.74) is 1.61. The Morgan fingerprint density at radius 1 is 1.44 bits per heavy atom. The number of nitrogens with one attached hydrogen (secondary N) is 1. The van der Waals surface area contributed by atoms with Gasteiger partial charge in [0.05, 0.1) is 6.61 Å². The number of carbonyl (C=O) groups excluding carboxylic acids is 1. The average Bonchev–Trinajstić information content (AvgIpc) is 2.39. The number of amides is 1. The van der Waals surface area contributed by atoms with Gasteiger partial charge in [0.2, 0.25) is 5.91 Å². The van der Waals surface area contributed by atoms with Crippen LogP contribution < -0.4 is 5.32 Å². The minimum atomic E-state index is 0.00414. The molecule has 0 heterocycles. The lowest BCUT2D eigenvalue weighted by Crippen LogP contribution is -2.27. The number of anilines is 1. The fraction of sp³-hybridized carbons (Fsp3) is 0.533. The van der Waals surface area contributed by atoms with E-state index in [2.05, 4.69) is 12.2 Å². The van der Waals surface area contributed by atoms with Crippen LogP contribution in [-0.4, -0.2) is 11.0 Å². The molecule has 0 saturated heterocycles. The zero-order valence-electron chi connectivity index (χ0n) is 10.9. The van der Waals surface area contributed by atoms with Crippen molar-refractivity contribution in [3.05, 3.63) is 29.8 Å². The summed E-state index contributed by atoms with van der Waals surface area (Å²) in [6.45, 7) is 2.22. The molecule has 0 radical (unpaired) electrons. The molecule has 1 fully saturated rings. The van der Waals surface area contributed by atoms with Crippen LogP contribution in [0.3, 0.4) is 0 Å². The summed E-state index contributed by atoms with van der Waals surface area (Å²) in [6.07, 6.45) is 4.38. The van der Waals surface area contributed by atoms with Crippen molar-refractivity contribution >= 4 is 11.6 Å². The van der Waals surface area contributed by atoms with Gasteiger partial charge in [-0.15, -0.1) is 0 Å². The molecule has 1 aromatic carbocycles. The highest BCUT2D eigenvalue weighted by molar-refractivity contribution is 5.92. The van der Waals surface area contributed by atoms with Crippen LogP contribution in [0, 0.1) is 11.8 Å². The van der Waals surface area contributed by atoms with E-state index in [1.54, 1.807) is 0 Å². The molecule has 2 N–H and O–H groups in total. The highest BCUT2D eigenvalue weighted by atomic mass is 16.3. The average molecular weight is 247 g/mol. The molecule has 2 unspecified atom stereocenters. The highest BCUT2D eigenvalue weighted by Crippen LogP contribution is 2.29. The lowest BCUT2D eigenvalue weighted by Gasteiger charge is -2.25. The minimum absolute atomic E-state index is 0.00414. The summed E-state index contributed by atoms with van der Waals surface area (Å²) < 4.78 is 0. The fourth-order valence-corrected chi connectivity index (χ4v) is 2.66. The van der Waals surface area contributed by atoms with Gasteiger partial charge in [0, 0.05) is 11.6 Å². The standard InChI is InChI=1S/C15H21NO2/c1-11-4-2-6-13(8-11)15(18)16-14-7-3-5-12(9-14)10-17/h3,5,7,9,11,13,17H,2,4,6,8,10H2,1H3,(H,16,18). The van der Waals surface area contributed by atoms with E-state index in [0.29, 0.717) is 5.92 Å². The molecule has 98 valence electrons. The smallest absolute Gasteiger partial charge is 0.227 e. The van der Waals surface area contributed by atoms with E-state index in [0.717, 1.165) is 30.5 Å². The number of benzene rings is 1. The Bertz CT molecular complexity index is 417. The molecule has 3 nitrogen and oxygen atoms in total. The Morgan fingerprint density at radius 2 is 2.28 bits per heavy atom. The topological polar surface area (TPSA) is 49.3 Å². The predicted molar refractivity (Wildman–Crippen MR) is 72.1 cm³/mol. The maximum atomic E-state index is 12.1. The van der Waals surface area contributed by atoms with Crippen LogP contribution in [0.25, 0.3) is 0 Å². The zero-order valence-corrected chi connectivity index (χ0v) is 10.9. The first-order chi connectivity index (χ1) is 8.69. The second-order valence-electron chi connectivity index (χ2n) is 5.32. The third-order valence-electron chi connectivity index (χ3n) is 3.68. The van der Waals surface area contributed by atoms with Gasteiger partial charge in [0.25, 0.3) is 0 Å². The van der Waals surface area contributed by atoms with Crippen molar-refractivity contribution in [1.82, 2.24) is 0 Å². The maximum absolute atomic E-state index is 12.1. The van der Waals surface area contributed by atoms with Gasteiger partial charge in [-0.3, -0.25) is 4.79 Å². The molecule has 1 saturated carbocycles. The van der Waals surface area contributed by atoms with Crippen molar-refractivity contribution < 1.29 is 9.90 Å². The van der Waals surface area contributed by atoms with E-state index < -0.39 is 0 Å². The molecule has 2 rings (SSSR count). The fourth-order valence-electron chi connectivity index (χ4n) is 2.66. The van der Waals surface area contributed by atoms with Crippen LogP contribution in [0.15, 0.2) is 24.3 Å². The van der Waals surface area contributed by atoms with Crippen LogP contribution in [0.4, 0.5) is 5.69 Å². The second kappa shape index (κ2) is 6.01. The minimum Gasteiger partial charge on any atom is -0.392 e. The second-order valence-corrected chi connectivity index (χ2v) is 5.32. The molecule has 1 aromatic rings. The van der Waals surface area contributed by atoms with Crippen molar-refractivity contribution in [2.75, 3.05) is 5.32 Å². The SMILES string of the molecule is CC1CCCC(C(=O)Nc2cccc(CO)c2)C1. The Morgan fingerprint density at radius 3 is 3.00 bits per heavy atom. The normalized spacial score (nSPS) is 23.7. The van der Waals surface area contributed by atoms with Crippen molar-refractivity contribution in [1.29, 1.82) is 0 Å². The molecule has 1 aliphatic rings. The van der Waals surface area contributed by atoms with Crippen molar-refractivity contribution in [3.63, 3.8) is 0 Å². The van der Waals surface area contributed by atoms with Gasteiger partial charge in [-0.1, -0.05) is 31.9 Å². The first-order valence-electron chi connectivity index (χ1n) is 6.69. The maximum Gasteiger partial charge on any atom is 0.227 e. The molecule has 1 amide bonds. The third-order valence-corrected chi connectivity index (χ3v) is 3.68. The molecule has 0 aliphatic heterocycles. The van der Waals surface area contributed by atoms with E-state index in [4.69, 9.17) is 5.11 Å². The summed E-state index contributed by atoms with van der Waals surface area (Å²) in [6, 6.07) is 7.39. The van der Waals surface area contributed by atoms with Crippen molar-refractivity contribution in [2.45, 2.75) is 39.2 Å². The summed E-state index contributed by atoms with van der Waals surface area (Å²) in [7, 11) is 0. The van der Waals surface area contributed by atoms with Gasteiger partial charge in [-0.05, 0) is 36.5 Å². The monoisotopic (exact) mass is 247 g/mol. The third kappa shape index (κ3) is 3.33. The van der Waals surface area contributed by atoms with E-state index in [-0.39, 0.29) is 18.4 Å². The van der Waals surface area contributed by atoms with E-state index in [1.165, 1.54) is 6.42 Å². The van der Waals surface area contributed by atoms with Crippen molar-refractivity contribution in [2.24, 2.45) is 11.8 Å². The van der Waals surface area contributed by atoms with Crippen LogP contribution >= 0.6 is 0 Å². The van der Waals surface area contributed by atoms with E-state index in [1.807, 2.05) is 24.3 Å². The van der Waals surface area contributed by atoms with Crippen LogP contribution in [-0.2, 0) is 11.4 Å². The van der Waals surface area contributed by atoms with Gasteiger partial charge < -0.3 is 10.4 Å². The van der Waals surface area contributed by atoms with E-state index in [9.17, 15) is 4.79 Å². The first-order valence-corrected chi connectivity index (χ1v) is 6.69. The molecule has 0 bridgehead atoms. The Labute approximate surface area is 108 Å². The van der Waals surface area contributed by atoms with Gasteiger partial charge in [0.15, 0.2) is 0 Å². The molecule has 3 heteroatoms. The Kier molecular flexibility index (Phi) is 4.37. The zero-order chi connectivity index (χ0) is 13.0. The van der Waals surface area contributed by atoms with Crippen molar-refractivity contribution in [3.8, 4) is 0 Å². The summed E-state index contributed by atoms with van der Waals surface area (Å²) in [5.74, 6) is 0.918. The molecule has 0 spiro atoms. The molecule has 1 aliphatic carbocycles.